The molecule has 2 nitrogen and oxygen atoms in total. The van der Waals surface area contributed by atoms with Gasteiger partial charge in [0.1, 0.15) is 5.92 Å². The van der Waals surface area contributed by atoms with Crippen LogP contribution >= 0.6 is 11.8 Å². The van der Waals surface area contributed by atoms with Gasteiger partial charge in [-0.3, -0.25) is 4.79 Å². The lowest BCUT2D eigenvalue weighted by atomic mass is 10.1. The summed E-state index contributed by atoms with van der Waals surface area (Å²) in [5.41, 5.74) is 0. The number of thioether (sulfide) groups is 1. The van der Waals surface area contributed by atoms with Crippen LogP contribution in [0.4, 0.5) is 0 Å². The maximum absolute atomic E-state index is 10.6. The summed E-state index contributed by atoms with van der Waals surface area (Å²) in [5, 5.41) is 8.25. The van der Waals surface area contributed by atoms with Gasteiger partial charge in [-0.1, -0.05) is 13.8 Å². The molecule has 0 N–H and O–H groups in total. The van der Waals surface area contributed by atoms with Crippen molar-refractivity contribution in [2.24, 2.45) is 5.92 Å². The number of hydrogen-bond donors (Lipinski definition) is 0. The van der Waals surface area contributed by atoms with E-state index in [1.807, 2.05) is 19.9 Å². The molecule has 0 amide bonds. The van der Waals surface area contributed by atoms with E-state index in [0.717, 1.165) is 0 Å². The van der Waals surface area contributed by atoms with Crippen molar-refractivity contribution in [3.05, 3.63) is 0 Å². The van der Waals surface area contributed by atoms with E-state index in [0.29, 0.717) is 11.5 Å². The Labute approximate surface area is 65.6 Å². The Morgan fingerprint density at radius 1 is 1.70 bits per heavy atom. The van der Waals surface area contributed by atoms with Crippen molar-refractivity contribution >= 4 is 17.5 Å². The van der Waals surface area contributed by atoms with Crippen LogP contribution in [0.25, 0.3) is 0 Å². The van der Waals surface area contributed by atoms with Crippen molar-refractivity contribution in [1.82, 2.24) is 0 Å². The van der Waals surface area contributed by atoms with Crippen LogP contribution in [0.2, 0.25) is 0 Å². The van der Waals surface area contributed by atoms with E-state index in [2.05, 4.69) is 0 Å². The van der Waals surface area contributed by atoms with E-state index in [1.54, 1.807) is 11.8 Å². The number of rotatable bonds is 0. The summed E-state index contributed by atoms with van der Waals surface area (Å²) >= 11 is 1.54. The molecule has 0 aromatic heterocycles. The Bertz CT molecular complexity index is 150. The second kappa shape index (κ2) is 5.31. The number of Topliss-reactive ketones (excluding diaryl/α,β-unsaturated/α-hetero) is 1. The molecule has 10 heavy (non-hydrogen) atoms. The second-order valence-electron chi connectivity index (χ2n) is 1.66. The highest BCUT2D eigenvalue weighted by Crippen LogP contribution is 2.18. The third kappa shape index (κ3) is 2.40. The van der Waals surface area contributed by atoms with Gasteiger partial charge in [0.15, 0.2) is 5.78 Å². The van der Waals surface area contributed by atoms with Crippen molar-refractivity contribution in [3.8, 4) is 6.07 Å². The molecule has 3 heteroatoms. The minimum absolute atomic E-state index is 0.0949. The van der Waals surface area contributed by atoms with Gasteiger partial charge < -0.3 is 0 Å². The van der Waals surface area contributed by atoms with Crippen LogP contribution in [0.3, 0.4) is 0 Å². The number of ketones is 1. The monoisotopic (exact) mass is 157 g/mol. The molecular formula is C7H11NOS. The molecule has 1 aliphatic rings. The zero-order valence-electron chi connectivity index (χ0n) is 6.26. The van der Waals surface area contributed by atoms with Gasteiger partial charge in [-0.15, -0.1) is 0 Å². The molecule has 1 aliphatic heterocycles. The van der Waals surface area contributed by atoms with E-state index in [-0.39, 0.29) is 11.7 Å². The predicted molar refractivity (Wildman–Crippen MR) is 42.8 cm³/mol. The number of carbonyl (C=O) groups is 1. The first-order chi connectivity index (χ1) is 4.84. The number of nitriles is 1. The van der Waals surface area contributed by atoms with Crippen LogP contribution in [-0.2, 0) is 4.79 Å². The second-order valence-corrected chi connectivity index (χ2v) is 2.69. The molecular weight excluding hydrogens is 146 g/mol. The van der Waals surface area contributed by atoms with Gasteiger partial charge in [-0.2, -0.15) is 17.0 Å². The topological polar surface area (TPSA) is 40.9 Å². The van der Waals surface area contributed by atoms with Crippen LogP contribution in [0, 0.1) is 17.2 Å². The van der Waals surface area contributed by atoms with Crippen molar-refractivity contribution in [2.75, 3.05) is 11.5 Å². The molecule has 1 heterocycles. The summed E-state index contributed by atoms with van der Waals surface area (Å²) in [6, 6.07) is 1.94. The standard InChI is InChI=1S/C5H5NOS.C2H6/c6-1-4-2-8-3-5(4)7;1-2/h4H,2-3H2;1-2H3. The summed E-state index contributed by atoms with van der Waals surface area (Å²) in [4.78, 5) is 10.6. The first-order valence-electron chi connectivity index (χ1n) is 3.34. The average Bonchev–Trinajstić information content (AvgIpc) is 2.39. The van der Waals surface area contributed by atoms with Crippen molar-refractivity contribution < 1.29 is 4.79 Å². The lowest BCUT2D eigenvalue weighted by Crippen LogP contribution is -2.07. The molecule has 56 valence electrons. The molecule has 0 bridgehead atoms. The van der Waals surface area contributed by atoms with E-state index < -0.39 is 0 Å². The van der Waals surface area contributed by atoms with Crippen LogP contribution in [0.15, 0.2) is 0 Å². The van der Waals surface area contributed by atoms with E-state index in [4.69, 9.17) is 5.26 Å². The van der Waals surface area contributed by atoms with Gasteiger partial charge in [0.05, 0.1) is 11.8 Å². The SMILES string of the molecule is CC.N#CC1CSCC1=O. The first-order valence-corrected chi connectivity index (χ1v) is 4.50. The zero-order valence-corrected chi connectivity index (χ0v) is 7.07. The van der Waals surface area contributed by atoms with Crippen molar-refractivity contribution in [3.63, 3.8) is 0 Å². The fourth-order valence-electron chi connectivity index (χ4n) is 0.580. The molecule has 0 aliphatic carbocycles. The van der Waals surface area contributed by atoms with Gasteiger partial charge in [0.2, 0.25) is 0 Å². The van der Waals surface area contributed by atoms with Gasteiger partial charge >= 0.3 is 0 Å². The van der Waals surface area contributed by atoms with Crippen LogP contribution < -0.4 is 0 Å². The third-order valence-electron chi connectivity index (χ3n) is 1.07. The molecule has 0 aromatic carbocycles. The summed E-state index contributed by atoms with van der Waals surface area (Å²) in [5.74, 6) is 1.03. The summed E-state index contributed by atoms with van der Waals surface area (Å²) in [7, 11) is 0. The Morgan fingerprint density at radius 3 is 2.50 bits per heavy atom. The minimum atomic E-state index is -0.306. The Hall–Kier alpha value is -0.490. The lowest BCUT2D eigenvalue weighted by molar-refractivity contribution is -0.117. The Morgan fingerprint density at radius 2 is 2.30 bits per heavy atom. The number of nitrogens with zero attached hydrogens (tertiary/aromatic N) is 1. The maximum atomic E-state index is 10.6. The van der Waals surface area contributed by atoms with Gasteiger partial charge in [0.25, 0.3) is 0 Å². The summed E-state index contributed by atoms with van der Waals surface area (Å²) in [6.45, 7) is 4.00. The molecule has 1 saturated heterocycles. The van der Waals surface area contributed by atoms with Crippen molar-refractivity contribution in [2.45, 2.75) is 13.8 Å². The Kier molecular flexibility index (Phi) is 5.05. The summed E-state index contributed by atoms with van der Waals surface area (Å²) < 4.78 is 0. The molecule has 0 radical (unpaired) electrons. The van der Waals surface area contributed by atoms with Crippen LogP contribution in [-0.4, -0.2) is 17.3 Å². The van der Waals surface area contributed by atoms with Crippen molar-refractivity contribution in [1.29, 1.82) is 5.26 Å². The summed E-state index contributed by atoms with van der Waals surface area (Å²) in [6.07, 6.45) is 0. The first kappa shape index (κ1) is 9.51. The highest BCUT2D eigenvalue weighted by molar-refractivity contribution is 8.00. The highest BCUT2D eigenvalue weighted by atomic mass is 32.2. The largest absolute Gasteiger partial charge is 0.297 e. The average molecular weight is 157 g/mol. The zero-order chi connectivity index (χ0) is 7.98. The fourth-order valence-corrected chi connectivity index (χ4v) is 1.60. The number of hydrogen-bond acceptors (Lipinski definition) is 3. The van der Waals surface area contributed by atoms with E-state index in [9.17, 15) is 4.79 Å². The number of carbonyl (C=O) groups excluding carboxylic acids is 1. The molecule has 1 fully saturated rings. The van der Waals surface area contributed by atoms with E-state index in [1.165, 1.54) is 0 Å². The molecule has 0 saturated carbocycles. The highest BCUT2D eigenvalue weighted by Gasteiger charge is 2.23. The fraction of sp³-hybridized carbons (Fsp3) is 0.714. The molecule has 0 spiro atoms. The molecule has 1 atom stereocenters. The lowest BCUT2D eigenvalue weighted by Gasteiger charge is -1.86. The smallest absolute Gasteiger partial charge is 0.160 e. The molecule has 1 unspecified atom stereocenters. The van der Waals surface area contributed by atoms with Gasteiger partial charge in [0, 0.05) is 5.75 Å². The third-order valence-corrected chi connectivity index (χ3v) is 2.13. The normalized spacial score (nSPS) is 22.9. The van der Waals surface area contributed by atoms with E-state index >= 15 is 0 Å². The van der Waals surface area contributed by atoms with Gasteiger partial charge in [-0.05, 0) is 0 Å². The van der Waals surface area contributed by atoms with Crippen LogP contribution in [0.5, 0.6) is 0 Å². The quantitative estimate of drug-likeness (QED) is 0.534. The Balaban J connectivity index is 0.000000371. The van der Waals surface area contributed by atoms with Crippen LogP contribution in [0.1, 0.15) is 13.8 Å². The van der Waals surface area contributed by atoms with Gasteiger partial charge in [-0.25, -0.2) is 0 Å². The maximum Gasteiger partial charge on any atom is 0.160 e. The molecule has 1 rings (SSSR count). The molecule has 0 aromatic rings. The predicted octanol–water partition coefficient (Wildman–Crippen LogP) is 1.47. The minimum Gasteiger partial charge on any atom is -0.297 e.